The van der Waals surface area contributed by atoms with Gasteiger partial charge in [0, 0.05) is 39.1 Å². The van der Waals surface area contributed by atoms with Crippen LogP contribution in [0.15, 0.2) is 23.6 Å². The zero-order chi connectivity index (χ0) is 11.9. The number of rotatable bonds is 2. The first-order chi connectivity index (χ1) is 7.50. The van der Waals surface area contributed by atoms with E-state index in [2.05, 4.69) is 10.2 Å². The predicted molar refractivity (Wildman–Crippen MR) is 59.1 cm³/mol. The van der Waals surface area contributed by atoms with E-state index >= 15 is 0 Å². The zero-order valence-electron chi connectivity index (χ0n) is 9.82. The van der Waals surface area contributed by atoms with Crippen LogP contribution in [0, 0.1) is 5.21 Å². The molecule has 2 heterocycles. The highest BCUT2D eigenvalue weighted by Gasteiger charge is 2.51. The van der Waals surface area contributed by atoms with E-state index in [1.54, 1.807) is 12.3 Å². The maximum atomic E-state index is 11.7. The van der Waals surface area contributed by atoms with E-state index in [9.17, 15) is 5.21 Å². The quantitative estimate of drug-likeness (QED) is 0.424. The first-order valence-corrected chi connectivity index (χ1v) is 4.91. The normalized spacial score (nSPS) is 17.8. The summed E-state index contributed by atoms with van der Waals surface area (Å²) in [5.41, 5.74) is 0.743. The van der Waals surface area contributed by atoms with E-state index in [0.29, 0.717) is 10.7 Å². The van der Waals surface area contributed by atoms with Crippen LogP contribution in [0.25, 0.3) is 0 Å². The molecule has 0 N–H and O–H groups in total. The molecule has 0 spiro atoms. The van der Waals surface area contributed by atoms with Gasteiger partial charge in [-0.2, -0.15) is 0 Å². The molecule has 1 aliphatic rings. The molecular weight excluding hydrogens is 208 g/mol. The van der Waals surface area contributed by atoms with Crippen LogP contribution in [-0.2, 0) is 0 Å². The van der Waals surface area contributed by atoms with E-state index in [1.807, 2.05) is 44.3 Å². The zero-order valence-corrected chi connectivity index (χ0v) is 9.82. The van der Waals surface area contributed by atoms with Gasteiger partial charge in [0.1, 0.15) is 6.20 Å². The Morgan fingerprint density at radius 3 is 2.44 bits per heavy atom. The summed E-state index contributed by atoms with van der Waals surface area (Å²) < 4.78 is 0. The summed E-state index contributed by atoms with van der Waals surface area (Å²) in [6.07, 6.45) is 1.59. The van der Waals surface area contributed by atoms with Crippen molar-refractivity contribution < 1.29 is 4.86 Å². The van der Waals surface area contributed by atoms with Gasteiger partial charge in [-0.1, -0.05) is 4.86 Å². The SMILES string of the molecule is CN(C)[N+]1(N(C)C)N=[N+]([O-])c2ncccc21. The maximum absolute atomic E-state index is 11.7. The van der Waals surface area contributed by atoms with Gasteiger partial charge in [-0.05, 0) is 11.1 Å². The van der Waals surface area contributed by atoms with Gasteiger partial charge in [0.15, 0.2) is 5.22 Å². The predicted octanol–water partition coefficient (Wildman–Crippen LogP) is 0.865. The molecule has 0 atom stereocenters. The van der Waals surface area contributed by atoms with E-state index in [0.717, 1.165) is 5.69 Å². The van der Waals surface area contributed by atoms with Crippen molar-refractivity contribution in [3.8, 4) is 0 Å². The summed E-state index contributed by atoms with van der Waals surface area (Å²) in [4.78, 5) is 4.61. The van der Waals surface area contributed by atoms with Crippen molar-refractivity contribution in [2.75, 3.05) is 28.2 Å². The van der Waals surface area contributed by atoms with Crippen molar-refractivity contribution >= 4 is 11.5 Å². The van der Waals surface area contributed by atoms with Crippen molar-refractivity contribution in [1.29, 1.82) is 0 Å². The van der Waals surface area contributed by atoms with Gasteiger partial charge >= 0.3 is 5.82 Å². The molecule has 7 nitrogen and oxygen atoms in total. The van der Waals surface area contributed by atoms with Crippen molar-refractivity contribution in [2.24, 2.45) is 5.22 Å². The topological polar surface area (TPSA) is 57.8 Å². The fourth-order valence-corrected chi connectivity index (χ4v) is 1.92. The third kappa shape index (κ3) is 1.22. The number of nitrogens with zero attached hydrogens (tertiary/aromatic N) is 6. The first-order valence-electron chi connectivity index (χ1n) is 4.91. The lowest BCUT2D eigenvalue weighted by atomic mass is 10.4. The summed E-state index contributed by atoms with van der Waals surface area (Å²) in [6.45, 7) is 0. The molecule has 0 unspecified atom stereocenters. The third-order valence-corrected chi connectivity index (χ3v) is 2.59. The lowest BCUT2D eigenvalue weighted by Crippen LogP contribution is -2.61. The van der Waals surface area contributed by atoms with Crippen LogP contribution in [0.2, 0.25) is 0 Å². The number of fused-ring (bicyclic) bond motifs is 1. The largest absolute Gasteiger partial charge is 0.687 e. The smallest absolute Gasteiger partial charge is 0.420 e. The third-order valence-electron chi connectivity index (χ3n) is 2.59. The Bertz CT molecular complexity index is 433. The Morgan fingerprint density at radius 2 is 1.88 bits per heavy atom. The van der Waals surface area contributed by atoms with Gasteiger partial charge in [-0.25, -0.2) is 0 Å². The second kappa shape index (κ2) is 3.48. The van der Waals surface area contributed by atoms with Crippen LogP contribution in [-0.4, -0.2) is 48.1 Å². The van der Waals surface area contributed by atoms with Crippen LogP contribution in [0.4, 0.5) is 11.5 Å². The minimum absolute atomic E-state index is 0.00727. The number of hydrogen-bond acceptors (Lipinski definition) is 5. The maximum Gasteiger partial charge on any atom is 0.420 e. The highest BCUT2D eigenvalue weighted by Crippen LogP contribution is 2.39. The Morgan fingerprint density at radius 1 is 1.25 bits per heavy atom. The molecule has 2 rings (SSSR count). The van der Waals surface area contributed by atoms with Crippen LogP contribution >= 0.6 is 0 Å². The summed E-state index contributed by atoms with van der Waals surface area (Å²) in [5.74, 6) is 0.338. The van der Waals surface area contributed by atoms with Gasteiger partial charge in [0.2, 0.25) is 0 Å². The fourth-order valence-electron chi connectivity index (χ4n) is 1.92. The number of quaternary nitrogens is 1. The average Bonchev–Trinajstić information content (AvgIpc) is 2.54. The highest BCUT2D eigenvalue weighted by atomic mass is 16.5. The summed E-state index contributed by atoms with van der Waals surface area (Å²) in [5, 5.41) is 19.5. The standard InChI is InChI=1S/C9H15N6O/c1-12(2)15(13(3)4)8-6-5-7-10-9(8)14(16)11-15/h5-7H,1-4H3/q+1. The van der Waals surface area contributed by atoms with Gasteiger partial charge in [0.25, 0.3) is 5.69 Å². The molecular formula is C9H15N6O+. The molecule has 86 valence electrons. The van der Waals surface area contributed by atoms with E-state index in [-0.39, 0.29) is 4.81 Å². The van der Waals surface area contributed by atoms with E-state index < -0.39 is 0 Å². The van der Waals surface area contributed by atoms with E-state index in [4.69, 9.17) is 0 Å². The second-order valence-corrected chi connectivity index (χ2v) is 3.97. The van der Waals surface area contributed by atoms with Crippen molar-refractivity contribution in [3.63, 3.8) is 0 Å². The fraction of sp³-hybridized carbons (Fsp3) is 0.444. The average molecular weight is 223 g/mol. The Hall–Kier alpha value is -1.57. The minimum atomic E-state index is -0.00727. The van der Waals surface area contributed by atoms with Crippen LogP contribution < -0.4 is 4.81 Å². The van der Waals surface area contributed by atoms with Gasteiger partial charge in [-0.3, -0.25) is 0 Å². The number of aromatic nitrogens is 1. The van der Waals surface area contributed by atoms with Crippen molar-refractivity contribution in [2.45, 2.75) is 0 Å². The van der Waals surface area contributed by atoms with Crippen molar-refractivity contribution in [3.05, 3.63) is 23.5 Å². The molecule has 0 fully saturated rings. The minimum Gasteiger partial charge on any atom is -0.687 e. The summed E-state index contributed by atoms with van der Waals surface area (Å²) in [6, 6.07) is 3.65. The molecule has 16 heavy (non-hydrogen) atoms. The molecule has 7 heteroatoms. The van der Waals surface area contributed by atoms with Gasteiger partial charge < -0.3 is 5.21 Å². The number of pyridine rings is 1. The molecule has 0 aliphatic carbocycles. The molecule has 0 amide bonds. The van der Waals surface area contributed by atoms with E-state index in [1.165, 1.54) is 0 Å². The Kier molecular flexibility index (Phi) is 2.38. The van der Waals surface area contributed by atoms with Crippen LogP contribution in [0.1, 0.15) is 0 Å². The first kappa shape index (κ1) is 10.9. The molecule has 0 saturated carbocycles. The second-order valence-electron chi connectivity index (χ2n) is 3.97. The van der Waals surface area contributed by atoms with Crippen LogP contribution in [0.3, 0.4) is 0 Å². The molecule has 1 aromatic heterocycles. The lowest BCUT2D eigenvalue weighted by Gasteiger charge is -2.33. The summed E-state index contributed by atoms with van der Waals surface area (Å²) >= 11 is 0. The molecule has 0 bridgehead atoms. The Balaban J connectivity index is 2.68. The van der Waals surface area contributed by atoms with Crippen LogP contribution in [0.5, 0.6) is 0 Å². The number of hydrogen-bond donors (Lipinski definition) is 0. The Labute approximate surface area is 93.9 Å². The van der Waals surface area contributed by atoms with Gasteiger partial charge in [-0.15, -0.1) is 10.0 Å². The van der Waals surface area contributed by atoms with Crippen molar-refractivity contribution in [1.82, 2.24) is 19.8 Å². The molecule has 0 saturated heterocycles. The monoisotopic (exact) mass is 223 g/mol. The molecule has 0 radical (unpaired) electrons. The molecule has 1 aliphatic heterocycles. The highest BCUT2D eigenvalue weighted by molar-refractivity contribution is 5.55. The lowest BCUT2D eigenvalue weighted by molar-refractivity contribution is -0.464. The molecule has 1 aromatic rings. The van der Waals surface area contributed by atoms with Gasteiger partial charge in [0.05, 0.1) is 0 Å². The molecule has 0 aromatic carbocycles. The summed E-state index contributed by atoms with van der Waals surface area (Å²) in [7, 11) is 7.44.